The Bertz CT molecular complexity index is 575. The Balaban J connectivity index is 1.90. The Labute approximate surface area is 125 Å². The molecule has 0 aliphatic rings. The van der Waals surface area contributed by atoms with Gasteiger partial charge in [-0.25, -0.2) is 0 Å². The number of hydrogen-bond donors (Lipinski definition) is 2. The monoisotopic (exact) mass is 289 g/mol. The number of ether oxygens (including phenoxy) is 1. The summed E-state index contributed by atoms with van der Waals surface area (Å²) >= 11 is 0. The van der Waals surface area contributed by atoms with Gasteiger partial charge in [-0.2, -0.15) is 0 Å². The standard InChI is InChI=1S/C17H23NO3/c1-4-20-15-7-5-6-14(10-15)11-18-12-17(3,19)16-9-8-13(2)21-16/h5-10,18-19H,4,11-12H2,1-3H3. The first-order chi connectivity index (χ1) is 10.0. The molecule has 0 saturated heterocycles. The maximum atomic E-state index is 10.4. The summed E-state index contributed by atoms with van der Waals surface area (Å²) in [7, 11) is 0. The van der Waals surface area contributed by atoms with Crippen molar-refractivity contribution < 1.29 is 14.3 Å². The Morgan fingerprint density at radius 3 is 2.76 bits per heavy atom. The molecule has 114 valence electrons. The van der Waals surface area contributed by atoms with Gasteiger partial charge in [0.25, 0.3) is 0 Å². The summed E-state index contributed by atoms with van der Waals surface area (Å²) < 4.78 is 11.0. The molecule has 1 atom stereocenters. The number of aliphatic hydroxyl groups is 1. The number of rotatable bonds is 7. The van der Waals surface area contributed by atoms with Crippen LogP contribution in [0.25, 0.3) is 0 Å². The third-order valence-corrected chi connectivity index (χ3v) is 3.28. The second kappa shape index (κ2) is 6.78. The normalized spacial score (nSPS) is 13.9. The minimum atomic E-state index is -1.02. The summed E-state index contributed by atoms with van der Waals surface area (Å²) in [4.78, 5) is 0. The summed E-state index contributed by atoms with van der Waals surface area (Å²) in [5.41, 5.74) is 0.0959. The lowest BCUT2D eigenvalue weighted by atomic mass is 10.0. The van der Waals surface area contributed by atoms with Gasteiger partial charge in [-0.1, -0.05) is 12.1 Å². The Kier molecular flexibility index (Phi) is 5.04. The summed E-state index contributed by atoms with van der Waals surface area (Å²) in [5, 5.41) is 13.7. The zero-order valence-corrected chi connectivity index (χ0v) is 12.8. The van der Waals surface area contributed by atoms with Gasteiger partial charge < -0.3 is 19.6 Å². The van der Waals surface area contributed by atoms with E-state index in [-0.39, 0.29) is 0 Å². The molecule has 0 bridgehead atoms. The largest absolute Gasteiger partial charge is 0.494 e. The maximum Gasteiger partial charge on any atom is 0.136 e. The van der Waals surface area contributed by atoms with E-state index in [1.165, 1.54) is 0 Å². The third kappa shape index (κ3) is 4.34. The molecule has 1 unspecified atom stereocenters. The minimum absolute atomic E-state index is 0.415. The van der Waals surface area contributed by atoms with E-state index in [2.05, 4.69) is 5.32 Å². The highest BCUT2D eigenvalue weighted by Crippen LogP contribution is 2.22. The SMILES string of the molecule is CCOc1cccc(CNCC(C)(O)c2ccc(C)o2)c1. The average molecular weight is 289 g/mol. The number of nitrogens with one attached hydrogen (secondary N) is 1. The van der Waals surface area contributed by atoms with Crippen LogP contribution in [0.2, 0.25) is 0 Å². The molecule has 21 heavy (non-hydrogen) atoms. The second-order valence-electron chi connectivity index (χ2n) is 5.37. The van der Waals surface area contributed by atoms with Crippen molar-refractivity contribution in [2.45, 2.75) is 32.9 Å². The predicted molar refractivity (Wildman–Crippen MR) is 82.3 cm³/mol. The summed E-state index contributed by atoms with van der Waals surface area (Å²) in [6.07, 6.45) is 0. The highest BCUT2D eigenvalue weighted by atomic mass is 16.5. The first kappa shape index (κ1) is 15.6. The van der Waals surface area contributed by atoms with Crippen molar-refractivity contribution >= 4 is 0 Å². The van der Waals surface area contributed by atoms with Gasteiger partial charge in [0.15, 0.2) is 0 Å². The highest BCUT2D eigenvalue weighted by molar-refractivity contribution is 5.28. The van der Waals surface area contributed by atoms with Crippen LogP contribution < -0.4 is 10.1 Å². The summed E-state index contributed by atoms with van der Waals surface area (Å²) in [6.45, 7) is 7.31. The molecule has 0 spiro atoms. The molecule has 0 aliphatic carbocycles. The smallest absolute Gasteiger partial charge is 0.136 e. The van der Waals surface area contributed by atoms with Crippen molar-refractivity contribution in [3.05, 3.63) is 53.5 Å². The molecule has 2 N–H and O–H groups in total. The van der Waals surface area contributed by atoms with E-state index < -0.39 is 5.60 Å². The first-order valence-electron chi connectivity index (χ1n) is 7.23. The van der Waals surface area contributed by atoms with Crippen molar-refractivity contribution in [2.24, 2.45) is 0 Å². The van der Waals surface area contributed by atoms with E-state index >= 15 is 0 Å². The van der Waals surface area contributed by atoms with Crippen molar-refractivity contribution in [1.29, 1.82) is 0 Å². The van der Waals surface area contributed by atoms with Gasteiger partial charge in [0, 0.05) is 13.1 Å². The minimum Gasteiger partial charge on any atom is -0.494 e. The Morgan fingerprint density at radius 1 is 1.29 bits per heavy atom. The van der Waals surface area contributed by atoms with Crippen molar-refractivity contribution in [2.75, 3.05) is 13.2 Å². The van der Waals surface area contributed by atoms with Gasteiger partial charge in [0.05, 0.1) is 6.61 Å². The van der Waals surface area contributed by atoms with Gasteiger partial charge in [-0.05, 0) is 50.6 Å². The topological polar surface area (TPSA) is 54.6 Å². The molecule has 0 amide bonds. The highest BCUT2D eigenvalue weighted by Gasteiger charge is 2.26. The molecule has 4 heteroatoms. The molecule has 1 heterocycles. The van der Waals surface area contributed by atoms with Crippen LogP contribution in [0.4, 0.5) is 0 Å². The van der Waals surface area contributed by atoms with Crippen LogP contribution in [0, 0.1) is 6.92 Å². The zero-order valence-electron chi connectivity index (χ0n) is 12.8. The van der Waals surface area contributed by atoms with E-state index in [0.717, 1.165) is 17.1 Å². The molecule has 4 nitrogen and oxygen atoms in total. The van der Waals surface area contributed by atoms with Crippen molar-refractivity contribution in [3.63, 3.8) is 0 Å². The fourth-order valence-electron chi connectivity index (χ4n) is 2.17. The molecular formula is C17H23NO3. The molecule has 0 aliphatic heterocycles. The van der Waals surface area contributed by atoms with Crippen molar-refractivity contribution in [3.8, 4) is 5.75 Å². The van der Waals surface area contributed by atoms with Crippen LogP contribution in [0.5, 0.6) is 5.75 Å². The maximum absolute atomic E-state index is 10.4. The molecule has 2 rings (SSSR count). The molecule has 0 fully saturated rings. The number of hydrogen-bond acceptors (Lipinski definition) is 4. The molecule has 1 aromatic carbocycles. The van der Waals surface area contributed by atoms with Crippen LogP contribution >= 0.6 is 0 Å². The number of benzene rings is 1. The first-order valence-corrected chi connectivity index (χ1v) is 7.23. The lowest BCUT2D eigenvalue weighted by Crippen LogP contribution is -2.34. The molecule has 1 aromatic heterocycles. The second-order valence-corrected chi connectivity index (χ2v) is 5.37. The van der Waals surface area contributed by atoms with Crippen LogP contribution in [-0.4, -0.2) is 18.3 Å². The molecule has 2 aromatic rings. The van der Waals surface area contributed by atoms with Gasteiger partial charge >= 0.3 is 0 Å². The quantitative estimate of drug-likeness (QED) is 0.823. The predicted octanol–water partition coefficient (Wildman–Crippen LogP) is 2.98. The van der Waals surface area contributed by atoms with Gasteiger partial charge in [0.1, 0.15) is 22.9 Å². The van der Waals surface area contributed by atoms with Gasteiger partial charge in [0.2, 0.25) is 0 Å². The molecular weight excluding hydrogens is 266 g/mol. The fourth-order valence-corrected chi connectivity index (χ4v) is 2.17. The average Bonchev–Trinajstić information content (AvgIpc) is 2.87. The van der Waals surface area contributed by atoms with E-state index in [0.29, 0.717) is 25.5 Å². The molecule has 0 radical (unpaired) electrons. The van der Waals surface area contributed by atoms with E-state index in [4.69, 9.17) is 9.15 Å². The summed E-state index contributed by atoms with van der Waals surface area (Å²) in [6, 6.07) is 11.6. The molecule has 0 saturated carbocycles. The van der Waals surface area contributed by atoms with Crippen LogP contribution in [0.1, 0.15) is 30.9 Å². The summed E-state index contributed by atoms with van der Waals surface area (Å²) in [5.74, 6) is 2.25. The third-order valence-electron chi connectivity index (χ3n) is 3.28. The zero-order chi connectivity index (χ0) is 15.3. The lowest BCUT2D eigenvalue weighted by molar-refractivity contribution is 0.0333. The van der Waals surface area contributed by atoms with Crippen LogP contribution in [0.15, 0.2) is 40.8 Å². The Hall–Kier alpha value is -1.78. The Morgan fingerprint density at radius 2 is 2.10 bits per heavy atom. The van der Waals surface area contributed by atoms with E-state index in [1.807, 2.05) is 50.2 Å². The van der Waals surface area contributed by atoms with Crippen LogP contribution in [-0.2, 0) is 12.1 Å². The van der Waals surface area contributed by atoms with E-state index in [1.54, 1.807) is 6.92 Å². The number of aryl methyl sites for hydroxylation is 1. The lowest BCUT2D eigenvalue weighted by Gasteiger charge is -2.21. The number of furan rings is 1. The van der Waals surface area contributed by atoms with Crippen molar-refractivity contribution in [1.82, 2.24) is 5.32 Å². The fraction of sp³-hybridized carbons (Fsp3) is 0.412. The van der Waals surface area contributed by atoms with Crippen LogP contribution in [0.3, 0.4) is 0 Å². The van der Waals surface area contributed by atoms with Gasteiger partial charge in [-0.15, -0.1) is 0 Å². The van der Waals surface area contributed by atoms with Gasteiger partial charge in [-0.3, -0.25) is 0 Å². The van der Waals surface area contributed by atoms with E-state index in [9.17, 15) is 5.11 Å².